The Morgan fingerprint density at radius 3 is 2.16 bits per heavy atom. The smallest absolute Gasteiger partial charge is 0.142 e. The normalized spacial score (nSPS) is 15.3. The molecule has 3 rings (SSSR count). The third-order valence-electron chi connectivity index (χ3n) is 5.26. The van der Waals surface area contributed by atoms with Crippen LogP contribution in [0.1, 0.15) is 16.7 Å². The van der Waals surface area contributed by atoms with Gasteiger partial charge in [0.25, 0.3) is 0 Å². The minimum Gasteiger partial charge on any atom is -0.496 e. The van der Waals surface area contributed by atoms with Crippen molar-refractivity contribution < 1.29 is 9.47 Å². The minimum absolute atomic E-state index is 0.956. The molecule has 0 radical (unpaired) electrons. The van der Waals surface area contributed by atoms with Crippen LogP contribution in [0.3, 0.4) is 0 Å². The summed E-state index contributed by atoms with van der Waals surface area (Å²) >= 11 is 0. The lowest BCUT2D eigenvalue weighted by molar-refractivity contribution is 0.248. The van der Waals surface area contributed by atoms with Crippen molar-refractivity contribution in [2.45, 2.75) is 20.4 Å². The van der Waals surface area contributed by atoms with E-state index in [1.54, 1.807) is 14.2 Å². The lowest BCUT2D eigenvalue weighted by atomic mass is 10.0. The van der Waals surface area contributed by atoms with Crippen LogP contribution < -0.4 is 14.4 Å². The lowest BCUT2D eigenvalue weighted by Gasteiger charge is -2.37. The van der Waals surface area contributed by atoms with E-state index >= 15 is 0 Å². The maximum Gasteiger partial charge on any atom is 0.142 e. The molecule has 2 aromatic rings. The number of rotatable bonds is 5. The molecule has 1 fully saturated rings. The standard InChI is InChI=1S/C21H28N2O2/c1-16-17(2)20(24-3)10-9-18(16)15-22-11-13-23(14-12-22)19-7-5-6-8-21(19)25-4/h5-10H,11-15H2,1-4H3. The number of piperazine rings is 1. The fourth-order valence-corrected chi connectivity index (χ4v) is 3.52. The van der Waals surface area contributed by atoms with Gasteiger partial charge in [-0.3, -0.25) is 4.90 Å². The van der Waals surface area contributed by atoms with Gasteiger partial charge in [-0.15, -0.1) is 0 Å². The number of benzene rings is 2. The van der Waals surface area contributed by atoms with Crippen LogP contribution in [0, 0.1) is 13.8 Å². The molecule has 1 aliphatic rings. The highest BCUT2D eigenvalue weighted by molar-refractivity contribution is 5.58. The van der Waals surface area contributed by atoms with Crippen molar-refractivity contribution in [2.75, 3.05) is 45.3 Å². The van der Waals surface area contributed by atoms with Crippen LogP contribution in [0.5, 0.6) is 11.5 Å². The zero-order valence-corrected chi connectivity index (χ0v) is 15.7. The van der Waals surface area contributed by atoms with Gasteiger partial charge in [-0.25, -0.2) is 0 Å². The fraction of sp³-hybridized carbons (Fsp3) is 0.429. The molecule has 0 amide bonds. The van der Waals surface area contributed by atoms with Gasteiger partial charge in [0.1, 0.15) is 11.5 Å². The molecule has 0 aliphatic carbocycles. The summed E-state index contributed by atoms with van der Waals surface area (Å²) in [6.07, 6.45) is 0. The second kappa shape index (κ2) is 7.79. The third-order valence-corrected chi connectivity index (χ3v) is 5.26. The number of methoxy groups -OCH3 is 2. The number of hydrogen-bond acceptors (Lipinski definition) is 4. The van der Waals surface area contributed by atoms with Crippen molar-refractivity contribution in [3.8, 4) is 11.5 Å². The van der Waals surface area contributed by atoms with Gasteiger partial charge < -0.3 is 14.4 Å². The first-order valence-electron chi connectivity index (χ1n) is 8.87. The van der Waals surface area contributed by atoms with Crippen molar-refractivity contribution >= 4 is 5.69 Å². The van der Waals surface area contributed by atoms with Gasteiger partial charge in [-0.05, 0) is 48.7 Å². The van der Waals surface area contributed by atoms with Crippen LogP contribution in [0.15, 0.2) is 36.4 Å². The molecule has 0 bridgehead atoms. The molecule has 25 heavy (non-hydrogen) atoms. The molecular formula is C21H28N2O2. The maximum atomic E-state index is 5.50. The first-order chi connectivity index (χ1) is 12.1. The van der Waals surface area contributed by atoms with Gasteiger partial charge in [0.2, 0.25) is 0 Å². The Morgan fingerprint density at radius 2 is 1.48 bits per heavy atom. The molecule has 0 aromatic heterocycles. The van der Waals surface area contributed by atoms with Crippen LogP contribution in [0.25, 0.3) is 0 Å². The van der Waals surface area contributed by atoms with Crippen LogP contribution in [-0.2, 0) is 6.54 Å². The monoisotopic (exact) mass is 340 g/mol. The first-order valence-corrected chi connectivity index (χ1v) is 8.87. The predicted octanol–water partition coefficient (Wildman–Crippen LogP) is 3.64. The minimum atomic E-state index is 0.956. The number of ether oxygens (including phenoxy) is 2. The summed E-state index contributed by atoms with van der Waals surface area (Å²) in [4.78, 5) is 4.95. The Hall–Kier alpha value is -2.20. The summed E-state index contributed by atoms with van der Waals surface area (Å²) in [5, 5.41) is 0. The molecule has 0 saturated carbocycles. The number of anilines is 1. The number of para-hydroxylation sites is 2. The quantitative estimate of drug-likeness (QED) is 0.830. The van der Waals surface area contributed by atoms with Crippen LogP contribution in [-0.4, -0.2) is 45.3 Å². The summed E-state index contributed by atoms with van der Waals surface area (Å²) in [5.41, 5.74) is 5.17. The first kappa shape index (κ1) is 17.6. The highest BCUT2D eigenvalue weighted by Gasteiger charge is 2.20. The molecule has 1 heterocycles. The average Bonchev–Trinajstić information content (AvgIpc) is 2.66. The fourth-order valence-electron chi connectivity index (χ4n) is 3.52. The van der Waals surface area contributed by atoms with Crippen LogP contribution in [0.4, 0.5) is 5.69 Å². The number of hydrogen-bond donors (Lipinski definition) is 0. The molecule has 2 aromatic carbocycles. The second-order valence-corrected chi connectivity index (χ2v) is 6.61. The van der Waals surface area contributed by atoms with Crippen molar-refractivity contribution in [3.05, 3.63) is 53.1 Å². The summed E-state index contributed by atoms with van der Waals surface area (Å²) in [5.74, 6) is 1.93. The molecule has 134 valence electrons. The largest absolute Gasteiger partial charge is 0.496 e. The number of nitrogens with zero attached hydrogens (tertiary/aromatic N) is 2. The van der Waals surface area contributed by atoms with E-state index in [-0.39, 0.29) is 0 Å². The molecule has 0 N–H and O–H groups in total. The van der Waals surface area contributed by atoms with E-state index in [1.807, 2.05) is 12.1 Å². The molecule has 4 heteroatoms. The summed E-state index contributed by atoms with van der Waals surface area (Å²) in [7, 11) is 3.47. The Kier molecular flexibility index (Phi) is 5.49. The molecule has 4 nitrogen and oxygen atoms in total. The average molecular weight is 340 g/mol. The van der Waals surface area contributed by atoms with E-state index in [0.717, 1.165) is 44.2 Å². The van der Waals surface area contributed by atoms with Crippen LogP contribution in [0.2, 0.25) is 0 Å². The van der Waals surface area contributed by atoms with E-state index in [4.69, 9.17) is 9.47 Å². The third kappa shape index (κ3) is 3.74. The van der Waals surface area contributed by atoms with Gasteiger partial charge in [0.15, 0.2) is 0 Å². The zero-order valence-electron chi connectivity index (χ0n) is 15.7. The highest BCUT2D eigenvalue weighted by Crippen LogP contribution is 2.29. The molecule has 0 spiro atoms. The molecule has 1 saturated heterocycles. The Balaban J connectivity index is 1.64. The van der Waals surface area contributed by atoms with Crippen LogP contribution >= 0.6 is 0 Å². The molecule has 0 unspecified atom stereocenters. The van der Waals surface area contributed by atoms with Crippen molar-refractivity contribution in [2.24, 2.45) is 0 Å². The van der Waals surface area contributed by atoms with Gasteiger partial charge in [0.05, 0.1) is 19.9 Å². The highest BCUT2D eigenvalue weighted by atomic mass is 16.5. The Labute approximate surface area is 151 Å². The summed E-state index contributed by atoms with van der Waals surface area (Å²) < 4.78 is 10.9. The van der Waals surface area contributed by atoms with Gasteiger partial charge >= 0.3 is 0 Å². The Bertz CT molecular complexity index is 722. The van der Waals surface area contributed by atoms with E-state index in [0.29, 0.717) is 0 Å². The van der Waals surface area contributed by atoms with Crippen molar-refractivity contribution in [1.29, 1.82) is 0 Å². The summed E-state index contributed by atoms with van der Waals surface area (Å²) in [6.45, 7) is 9.49. The SMILES string of the molecule is COc1ccccc1N1CCN(Cc2ccc(OC)c(C)c2C)CC1. The van der Waals surface area contributed by atoms with Crippen molar-refractivity contribution in [1.82, 2.24) is 4.90 Å². The van der Waals surface area contributed by atoms with Crippen molar-refractivity contribution in [3.63, 3.8) is 0 Å². The van der Waals surface area contributed by atoms with E-state index < -0.39 is 0 Å². The van der Waals surface area contributed by atoms with E-state index in [2.05, 4.69) is 47.9 Å². The van der Waals surface area contributed by atoms with E-state index in [9.17, 15) is 0 Å². The predicted molar refractivity (Wildman–Crippen MR) is 103 cm³/mol. The maximum absolute atomic E-state index is 5.50. The van der Waals surface area contributed by atoms with Gasteiger partial charge in [-0.1, -0.05) is 18.2 Å². The lowest BCUT2D eigenvalue weighted by Crippen LogP contribution is -2.46. The van der Waals surface area contributed by atoms with Gasteiger partial charge in [-0.2, -0.15) is 0 Å². The topological polar surface area (TPSA) is 24.9 Å². The molecule has 0 atom stereocenters. The van der Waals surface area contributed by atoms with Gasteiger partial charge in [0, 0.05) is 32.7 Å². The zero-order chi connectivity index (χ0) is 17.8. The van der Waals surface area contributed by atoms with E-state index in [1.165, 1.54) is 22.4 Å². The second-order valence-electron chi connectivity index (χ2n) is 6.61. The molecule has 1 aliphatic heterocycles. The summed E-state index contributed by atoms with van der Waals surface area (Å²) in [6, 6.07) is 12.6. The molecular weight excluding hydrogens is 312 g/mol. The Morgan fingerprint density at radius 1 is 0.800 bits per heavy atom.